The summed E-state index contributed by atoms with van der Waals surface area (Å²) in [5.74, 6) is 0.797. The first-order valence-electron chi connectivity index (χ1n) is 9.11. The first-order chi connectivity index (χ1) is 12.0. The van der Waals surface area contributed by atoms with Gasteiger partial charge in [0.1, 0.15) is 0 Å². The van der Waals surface area contributed by atoms with Crippen LogP contribution < -0.4 is 10.2 Å². The van der Waals surface area contributed by atoms with Crippen molar-refractivity contribution in [1.29, 1.82) is 0 Å². The molecule has 1 aliphatic carbocycles. The topological polar surface area (TPSA) is 69.7 Å². The van der Waals surface area contributed by atoms with Gasteiger partial charge in [0.2, 0.25) is 15.9 Å². The molecule has 6 nitrogen and oxygen atoms in total. The zero-order valence-electron chi connectivity index (χ0n) is 15.0. The molecule has 3 rings (SSSR count). The Balaban J connectivity index is 1.72. The minimum Gasteiger partial charge on any atom is -0.311 e. The summed E-state index contributed by atoms with van der Waals surface area (Å²) in [6.07, 6.45) is 3.22. The Morgan fingerprint density at radius 3 is 2.64 bits per heavy atom. The van der Waals surface area contributed by atoms with E-state index in [0.717, 1.165) is 23.7 Å². The van der Waals surface area contributed by atoms with Gasteiger partial charge >= 0.3 is 0 Å². The molecular formula is C18H27N3O3S. The standard InChI is InChI=1S/C18H27N3O3S/c1-3-20(4-2)25(23,24)16-7-8-17-15(11-16)9-10-21(17)18(22)13-19-12-14-5-6-14/h7-8,11,14,19H,3-6,9-10,12-13H2,1-2H3. The van der Waals surface area contributed by atoms with Crippen molar-refractivity contribution >= 4 is 21.6 Å². The summed E-state index contributed by atoms with van der Waals surface area (Å²) in [6, 6.07) is 5.13. The van der Waals surface area contributed by atoms with Crippen molar-refractivity contribution in [3.8, 4) is 0 Å². The first-order valence-corrected chi connectivity index (χ1v) is 10.6. The van der Waals surface area contributed by atoms with Crippen molar-refractivity contribution in [2.45, 2.75) is 38.0 Å². The third kappa shape index (κ3) is 3.88. The fraction of sp³-hybridized carbons (Fsp3) is 0.611. The van der Waals surface area contributed by atoms with Crippen molar-refractivity contribution in [1.82, 2.24) is 9.62 Å². The third-order valence-electron chi connectivity index (χ3n) is 5.00. The molecule has 25 heavy (non-hydrogen) atoms. The number of carbonyl (C=O) groups excluding carboxylic acids is 1. The zero-order chi connectivity index (χ0) is 18.0. The van der Waals surface area contributed by atoms with E-state index in [9.17, 15) is 13.2 Å². The van der Waals surface area contributed by atoms with E-state index in [1.54, 1.807) is 23.1 Å². The highest BCUT2D eigenvalue weighted by atomic mass is 32.2. The number of hydrogen-bond donors (Lipinski definition) is 1. The van der Waals surface area contributed by atoms with E-state index in [4.69, 9.17) is 0 Å². The van der Waals surface area contributed by atoms with Crippen molar-refractivity contribution in [3.63, 3.8) is 0 Å². The highest BCUT2D eigenvalue weighted by Gasteiger charge is 2.28. The van der Waals surface area contributed by atoms with E-state index in [1.165, 1.54) is 17.1 Å². The number of fused-ring (bicyclic) bond motifs is 1. The van der Waals surface area contributed by atoms with Gasteiger partial charge in [-0.2, -0.15) is 4.31 Å². The van der Waals surface area contributed by atoms with Gasteiger partial charge in [-0.05, 0) is 55.5 Å². The van der Waals surface area contributed by atoms with E-state index >= 15 is 0 Å². The molecule has 1 aliphatic heterocycles. The van der Waals surface area contributed by atoms with Crippen LogP contribution in [0, 0.1) is 5.92 Å². The molecule has 2 aliphatic rings. The Hall–Kier alpha value is -1.44. The normalized spacial score (nSPS) is 17.2. The number of nitrogens with zero attached hydrogens (tertiary/aromatic N) is 2. The Morgan fingerprint density at radius 1 is 1.28 bits per heavy atom. The molecule has 0 radical (unpaired) electrons. The van der Waals surface area contributed by atoms with E-state index in [2.05, 4.69) is 5.32 Å². The molecule has 1 saturated carbocycles. The number of nitrogens with one attached hydrogen (secondary N) is 1. The average molecular weight is 365 g/mol. The van der Waals surface area contributed by atoms with Gasteiger partial charge in [-0.3, -0.25) is 4.79 Å². The minimum absolute atomic E-state index is 0.0544. The Bertz CT molecular complexity index is 740. The molecule has 0 aromatic heterocycles. The van der Waals surface area contributed by atoms with Gasteiger partial charge in [0.05, 0.1) is 11.4 Å². The quantitative estimate of drug-likeness (QED) is 0.760. The second kappa shape index (κ2) is 7.43. The van der Waals surface area contributed by atoms with Gasteiger partial charge in [0, 0.05) is 25.3 Å². The van der Waals surface area contributed by atoms with Crippen LogP contribution in [0.4, 0.5) is 5.69 Å². The summed E-state index contributed by atoms with van der Waals surface area (Å²) < 4.78 is 26.8. The van der Waals surface area contributed by atoms with Crippen LogP contribution in [-0.4, -0.2) is 51.4 Å². The maximum absolute atomic E-state index is 12.7. The predicted molar refractivity (Wildman–Crippen MR) is 98.2 cm³/mol. The molecule has 138 valence electrons. The number of rotatable bonds is 8. The van der Waals surface area contributed by atoms with E-state index in [-0.39, 0.29) is 5.91 Å². The number of sulfonamides is 1. The molecule has 0 bridgehead atoms. The zero-order valence-corrected chi connectivity index (χ0v) is 15.8. The number of benzene rings is 1. The molecule has 1 fully saturated rings. The number of carbonyl (C=O) groups is 1. The van der Waals surface area contributed by atoms with Crippen molar-refractivity contribution in [3.05, 3.63) is 23.8 Å². The van der Waals surface area contributed by atoms with Gasteiger partial charge in [-0.25, -0.2) is 8.42 Å². The molecule has 1 aromatic rings. The summed E-state index contributed by atoms with van der Waals surface area (Å²) >= 11 is 0. The van der Waals surface area contributed by atoms with Crippen LogP contribution in [0.1, 0.15) is 32.3 Å². The highest BCUT2D eigenvalue weighted by molar-refractivity contribution is 7.89. The minimum atomic E-state index is -3.46. The van der Waals surface area contributed by atoms with Crippen LogP contribution in [0.25, 0.3) is 0 Å². The fourth-order valence-corrected chi connectivity index (χ4v) is 4.82. The van der Waals surface area contributed by atoms with Gasteiger partial charge in [0.15, 0.2) is 0 Å². The van der Waals surface area contributed by atoms with Crippen LogP contribution in [0.5, 0.6) is 0 Å². The Labute approximate surface area is 150 Å². The molecular weight excluding hydrogens is 338 g/mol. The summed E-state index contributed by atoms with van der Waals surface area (Å²) in [4.78, 5) is 14.5. The fourth-order valence-electron chi connectivity index (χ4n) is 3.31. The number of anilines is 1. The van der Waals surface area contributed by atoms with Crippen LogP contribution >= 0.6 is 0 Å². The Kier molecular flexibility index (Phi) is 5.46. The molecule has 0 atom stereocenters. The van der Waals surface area contributed by atoms with E-state index in [0.29, 0.717) is 37.5 Å². The summed E-state index contributed by atoms with van der Waals surface area (Å²) in [7, 11) is -3.46. The van der Waals surface area contributed by atoms with Crippen molar-refractivity contribution < 1.29 is 13.2 Å². The lowest BCUT2D eigenvalue weighted by Gasteiger charge is -2.20. The van der Waals surface area contributed by atoms with Gasteiger partial charge in [0.25, 0.3) is 0 Å². The highest BCUT2D eigenvalue weighted by Crippen LogP contribution is 2.31. The predicted octanol–water partition coefficient (Wildman–Crippen LogP) is 1.61. The molecule has 1 aromatic carbocycles. The average Bonchev–Trinajstić information content (AvgIpc) is 3.31. The smallest absolute Gasteiger partial charge is 0.243 e. The van der Waals surface area contributed by atoms with Crippen LogP contribution in [0.3, 0.4) is 0 Å². The van der Waals surface area contributed by atoms with Gasteiger partial charge < -0.3 is 10.2 Å². The maximum atomic E-state index is 12.7. The van der Waals surface area contributed by atoms with Gasteiger partial charge in [-0.15, -0.1) is 0 Å². The van der Waals surface area contributed by atoms with Crippen LogP contribution in [0.2, 0.25) is 0 Å². The largest absolute Gasteiger partial charge is 0.311 e. The molecule has 1 heterocycles. The molecule has 0 saturated heterocycles. The number of amides is 1. The molecule has 1 N–H and O–H groups in total. The summed E-state index contributed by atoms with van der Waals surface area (Å²) in [5, 5.41) is 3.23. The van der Waals surface area contributed by atoms with Gasteiger partial charge in [-0.1, -0.05) is 13.8 Å². The number of hydrogen-bond acceptors (Lipinski definition) is 4. The summed E-state index contributed by atoms with van der Waals surface area (Å²) in [6.45, 7) is 6.45. The van der Waals surface area contributed by atoms with Crippen molar-refractivity contribution in [2.75, 3.05) is 37.6 Å². The molecule has 1 amide bonds. The first kappa shape index (κ1) is 18.4. The maximum Gasteiger partial charge on any atom is 0.243 e. The Morgan fingerprint density at radius 2 is 2.00 bits per heavy atom. The molecule has 7 heteroatoms. The second-order valence-corrected chi connectivity index (χ2v) is 8.69. The second-order valence-electron chi connectivity index (χ2n) is 6.75. The molecule has 0 unspecified atom stereocenters. The van der Waals surface area contributed by atoms with Crippen molar-refractivity contribution in [2.24, 2.45) is 5.92 Å². The summed E-state index contributed by atoms with van der Waals surface area (Å²) in [5.41, 5.74) is 1.78. The lowest BCUT2D eigenvalue weighted by Crippen LogP contribution is -2.37. The van der Waals surface area contributed by atoms with Crippen LogP contribution in [0.15, 0.2) is 23.1 Å². The van der Waals surface area contributed by atoms with Crippen LogP contribution in [-0.2, 0) is 21.2 Å². The van der Waals surface area contributed by atoms with E-state index < -0.39 is 10.0 Å². The van der Waals surface area contributed by atoms with E-state index in [1.807, 2.05) is 13.8 Å². The SMILES string of the molecule is CCN(CC)S(=O)(=O)c1ccc2c(c1)CCN2C(=O)CNCC1CC1. The lowest BCUT2D eigenvalue weighted by atomic mass is 10.2. The third-order valence-corrected chi connectivity index (χ3v) is 7.04. The molecule has 0 spiro atoms. The lowest BCUT2D eigenvalue weighted by molar-refractivity contribution is -0.117. The monoisotopic (exact) mass is 365 g/mol.